The van der Waals surface area contributed by atoms with Crippen molar-refractivity contribution in [2.75, 3.05) is 5.73 Å². The Morgan fingerprint density at radius 1 is 1.21 bits per heavy atom. The molecular formula is C14H12ClN3S. The summed E-state index contributed by atoms with van der Waals surface area (Å²) in [6.45, 7) is 0.580. The minimum atomic E-state index is 0.580. The van der Waals surface area contributed by atoms with Crippen molar-refractivity contribution < 1.29 is 0 Å². The van der Waals surface area contributed by atoms with E-state index < -0.39 is 0 Å². The summed E-state index contributed by atoms with van der Waals surface area (Å²) in [5.41, 5.74) is 7.92. The lowest BCUT2D eigenvalue weighted by molar-refractivity contribution is 0.700. The molecular weight excluding hydrogens is 278 g/mol. The van der Waals surface area contributed by atoms with Crippen LogP contribution in [-0.4, -0.2) is 9.78 Å². The second-order valence-corrected chi connectivity index (χ2v) is 5.54. The Balaban J connectivity index is 1.92. The molecule has 0 fully saturated rings. The summed E-state index contributed by atoms with van der Waals surface area (Å²) in [5, 5.41) is 7.29. The molecule has 19 heavy (non-hydrogen) atoms. The number of rotatable bonds is 3. The second kappa shape index (κ2) is 5.07. The van der Waals surface area contributed by atoms with E-state index in [1.54, 1.807) is 16.0 Å². The van der Waals surface area contributed by atoms with Crippen molar-refractivity contribution >= 4 is 28.8 Å². The Morgan fingerprint density at radius 3 is 2.79 bits per heavy atom. The summed E-state index contributed by atoms with van der Waals surface area (Å²) in [7, 11) is 0. The van der Waals surface area contributed by atoms with E-state index in [1.807, 2.05) is 47.8 Å². The maximum Gasteiger partial charge on any atom is 0.122 e. The zero-order valence-corrected chi connectivity index (χ0v) is 11.7. The van der Waals surface area contributed by atoms with E-state index in [1.165, 1.54) is 0 Å². The highest BCUT2D eigenvalue weighted by Crippen LogP contribution is 2.26. The summed E-state index contributed by atoms with van der Waals surface area (Å²) in [5.74, 6) is 0.642. The van der Waals surface area contributed by atoms with Gasteiger partial charge in [-0.1, -0.05) is 35.9 Å². The standard InChI is InChI=1S/C14H12ClN3S/c15-11-5-2-1-4-10(11)9-18-14(16)8-12(17-18)13-6-3-7-19-13/h1-8H,9,16H2. The molecule has 0 radical (unpaired) electrons. The van der Waals surface area contributed by atoms with Crippen LogP contribution in [0, 0.1) is 0 Å². The number of aromatic nitrogens is 2. The predicted octanol–water partition coefficient (Wildman–Crippen LogP) is 3.90. The van der Waals surface area contributed by atoms with Gasteiger partial charge in [0, 0.05) is 11.1 Å². The lowest BCUT2D eigenvalue weighted by Crippen LogP contribution is -2.06. The van der Waals surface area contributed by atoms with E-state index in [2.05, 4.69) is 5.10 Å². The number of hydrogen-bond donors (Lipinski definition) is 1. The van der Waals surface area contributed by atoms with Crippen LogP contribution in [0.25, 0.3) is 10.6 Å². The Kier molecular flexibility index (Phi) is 3.27. The highest BCUT2D eigenvalue weighted by atomic mass is 35.5. The summed E-state index contributed by atoms with van der Waals surface area (Å²) < 4.78 is 1.77. The molecule has 3 rings (SSSR count). The number of thiophene rings is 1. The van der Waals surface area contributed by atoms with Crippen LogP contribution in [0.4, 0.5) is 5.82 Å². The molecule has 2 N–H and O–H groups in total. The molecule has 0 aliphatic carbocycles. The Bertz CT molecular complexity index is 689. The largest absolute Gasteiger partial charge is 0.384 e. The smallest absolute Gasteiger partial charge is 0.122 e. The molecule has 0 amide bonds. The average Bonchev–Trinajstić information content (AvgIpc) is 3.02. The lowest BCUT2D eigenvalue weighted by Gasteiger charge is -2.05. The molecule has 0 atom stereocenters. The Hall–Kier alpha value is -1.78. The monoisotopic (exact) mass is 289 g/mol. The van der Waals surface area contributed by atoms with Gasteiger partial charge in [0.2, 0.25) is 0 Å². The van der Waals surface area contributed by atoms with E-state index in [0.717, 1.165) is 21.2 Å². The Labute approximate surface area is 120 Å². The molecule has 0 saturated carbocycles. The first-order valence-corrected chi connectivity index (χ1v) is 7.10. The van der Waals surface area contributed by atoms with Gasteiger partial charge in [0.25, 0.3) is 0 Å². The van der Waals surface area contributed by atoms with Gasteiger partial charge >= 0.3 is 0 Å². The number of halogens is 1. The zero-order chi connectivity index (χ0) is 13.2. The molecule has 1 aromatic carbocycles. The third kappa shape index (κ3) is 2.50. The first kappa shape index (κ1) is 12.3. The molecule has 0 aliphatic heterocycles. The maximum atomic E-state index is 6.15. The van der Waals surface area contributed by atoms with Crippen LogP contribution in [0.2, 0.25) is 5.02 Å². The predicted molar refractivity (Wildman–Crippen MR) is 80.5 cm³/mol. The molecule has 5 heteroatoms. The molecule has 96 valence electrons. The van der Waals surface area contributed by atoms with Gasteiger partial charge in [0.05, 0.1) is 11.4 Å². The third-order valence-corrected chi connectivity index (χ3v) is 4.12. The van der Waals surface area contributed by atoms with Crippen molar-refractivity contribution in [1.82, 2.24) is 9.78 Å². The molecule has 0 aliphatic rings. The van der Waals surface area contributed by atoms with Gasteiger partial charge in [0.15, 0.2) is 0 Å². The van der Waals surface area contributed by atoms with E-state index in [0.29, 0.717) is 12.4 Å². The van der Waals surface area contributed by atoms with Gasteiger partial charge in [-0.05, 0) is 23.1 Å². The van der Waals surface area contributed by atoms with Crippen molar-refractivity contribution in [2.45, 2.75) is 6.54 Å². The molecule has 0 unspecified atom stereocenters. The molecule has 2 aromatic heterocycles. The average molecular weight is 290 g/mol. The van der Waals surface area contributed by atoms with E-state index in [4.69, 9.17) is 17.3 Å². The zero-order valence-electron chi connectivity index (χ0n) is 10.1. The molecule has 2 heterocycles. The normalized spacial score (nSPS) is 10.8. The van der Waals surface area contributed by atoms with Crippen molar-refractivity contribution in [2.24, 2.45) is 0 Å². The van der Waals surface area contributed by atoms with Gasteiger partial charge in [0.1, 0.15) is 11.5 Å². The summed E-state index contributed by atoms with van der Waals surface area (Å²) in [6.07, 6.45) is 0. The van der Waals surface area contributed by atoms with E-state index in [9.17, 15) is 0 Å². The van der Waals surface area contributed by atoms with Crippen LogP contribution in [0.5, 0.6) is 0 Å². The van der Waals surface area contributed by atoms with Crippen LogP contribution in [0.15, 0.2) is 47.8 Å². The van der Waals surface area contributed by atoms with Gasteiger partial charge < -0.3 is 5.73 Å². The van der Waals surface area contributed by atoms with E-state index in [-0.39, 0.29) is 0 Å². The van der Waals surface area contributed by atoms with Gasteiger partial charge in [-0.25, -0.2) is 4.68 Å². The number of anilines is 1. The lowest BCUT2D eigenvalue weighted by atomic mass is 10.2. The van der Waals surface area contributed by atoms with Gasteiger partial charge in [-0.2, -0.15) is 5.10 Å². The topological polar surface area (TPSA) is 43.8 Å². The molecule has 3 aromatic rings. The minimum absolute atomic E-state index is 0.580. The first-order valence-electron chi connectivity index (χ1n) is 5.84. The number of hydrogen-bond acceptors (Lipinski definition) is 3. The van der Waals surface area contributed by atoms with Crippen LogP contribution in [0.3, 0.4) is 0 Å². The fraction of sp³-hybridized carbons (Fsp3) is 0.0714. The number of nitrogen functional groups attached to an aromatic ring is 1. The highest BCUT2D eigenvalue weighted by Gasteiger charge is 2.09. The van der Waals surface area contributed by atoms with Crippen LogP contribution in [0.1, 0.15) is 5.56 Å². The number of benzene rings is 1. The highest BCUT2D eigenvalue weighted by molar-refractivity contribution is 7.13. The van der Waals surface area contributed by atoms with Crippen LogP contribution >= 0.6 is 22.9 Å². The van der Waals surface area contributed by atoms with Crippen molar-refractivity contribution in [3.05, 3.63) is 58.4 Å². The van der Waals surface area contributed by atoms with Crippen LogP contribution in [-0.2, 0) is 6.54 Å². The fourth-order valence-corrected chi connectivity index (χ4v) is 2.77. The summed E-state index contributed by atoms with van der Waals surface area (Å²) >= 11 is 7.80. The van der Waals surface area contributed by atoms with Crippen molar-refractivity contribution in [3.63, 3.8) is 0 Å². The molecule has 3 nitrogen and oxygen atoms in total. The van der Waals surface area contributed by atoms with Crippen molar-refractivity contribution in [3.8, 4) is 10.6 Å². The third-order valence-electron chi connectivity index (χ3n) is 2.86. The van der Waals surface area contributed by atoms with Crippen molar-refractivity contribution in [1.29, 1.82) is 0 Å². The minimum Gasteiger partial charge on any atom is -0.384 e. The number of nitrogens with zero attached hydrogens (tertiary/aromatic N) is 2. The second-order valence-electron chi connectivity index (χ2n) is 4.18. The number of nitrogens with two attached hydrogens (primary N) is 1. The molecule has 0 bridgehead atoms. The maximum absolute atomic E-state index is 6.15. The Morgan fingerprint density at radius 2 is 2.05 bits per heavy atom. The summed E-state index contributed by atoms with van der Waals surface area (Å²) in [4.78, 5) is 1.12. The quantitative estimate of drug-likeness (QED) is 0.795. The van der Waals surface area contributed by atoms with Gasteiger partial charge in [-0.3, -0.25) is 0 Å². The van der Waals surface area contributed by atoms with Gasteiger partial charge in [-0.15, -0.1) is 11.3 Å². The van der Waals surface area contributed by atoms with E-state index >= 15 is 0 Å². The SMILES string of the molecule is Nc1cc(-c2cccs2)nn1Cc1ccccc1Cl. The molecule has 0 saturated heterocycles. The van der Waals surface area contributed by atoms with Crippen LogP contribution < -0.4 is 5.73 Å². The first-order chi connectivity index (χ1) is 9.24. The molecule has 0 spiro atoms. The summed E-state index contributed by atoms with van der Waals surface area (Å²) in [6, 6.07) is 13.7. The fourth-order valence-electron chi connectivity index (χ4n) is 1.89.